The summed E-state index contributed by atoms with van der Waals surface area (Å²) < 4.78 is 23.8. The van der Waals surface area contributed by atoms with Gasteiger partial charge in [-0.05, 0) is 13.0 Å². The molecule has 96 valence electrons. The molecule has 1 aromatic carbocycles. The molecule has 0 bridgehead atoms. The van der Waals surface area contributed by atoms with Crippen LogP contribution >= 0.6 is 0 Å². The lowest BCUT2D eigenvalue weighted by Crippen LogP contribution is -2.08. The van der Waals surface area contributed by atoms with E-state index < -0.39 is 0 Å². The lowest BCUT2D eigenvalue weighted by molar-refractivity contribution is 0.256. The molecule has 0 spiro atoms. The first kappa shape index (κ1) is 12.5. The second kappa shape index (κ2) is 5.14. The van der Waals surface area contributed by atoms with Crippen LogP contribution < -0.4 is 10.5 Å². The highest BCUT2D eigenvalue weighted by Gasteiger charge is 2.11. The molecular formula is C12H14FN3O2. The molecule has 0 aliphatic carbocycles. The van der Waals surface area contributed by atoms with Crippen LogP contribution in [0.25, 0.3) is 0 Å². The van der Waals surface area contributed by atoms with Crippen molar-refractivity contribution in [2.24, 2.45) is 5.73 Å². The fourth-order valence-corrected chi connectivity index (χ4v) is 1.54. The Morgan fingerprint density at radius 3 is 2.83 bits per heavy atom. The molecule has 1 atom stereocenters. The lowest BCUT2D eigenvalue weighted by atomic mass is 10.1. The highest BCUT2D eigenvalue weighted by Crippen LogP contribution is 2.25. The van der Waals surface area contributed by atoms with Gasteiger partial charge in [0.15, 0.2) is 6.61 Å². The maximum Gasteiger partial charge on any atom is 0.253 e. The first-order chi connectivity index (χ1) is 8.56. The molecule has 5 nitrogen and oxygen atoms in total. The second-order valence-corrected chi connectivity index (χ2v) is 3.97. The summed E-state index contributed by atoms with van der Waals surface area (Å²) >= 11 is 0. The standard InChI is InChI=1S/C12H14FN3O2/c1-7(14)10-4-3-9(13)5-11(10)17-6-12-16-15-8(2)18-12/h3-5,7H,6,14H2,1-2H3/t7-/m1/s1. The van der Waals surface area contributed by atoms with Gasteiger partial charge in [0.25, 0.3) is 5.89 Å². The minimum Gasteiger partial charge on any atom is -0.483 e. The Balaban J connectivity index is 2.15. The molecule has 0 aliphatic heterocycles. The van der Waals surface area contributed by atoms with Crippen LogP contribution in [0.3, 0.4) is 0 Å². The predicted molar refractivity (Wildman–Crippen MR) is 62.4 cm³/mol. The molecule has 6 heteroatoms. The van der Waals surface area contributed by atoms with Gasteiger partial charge in [-0.15, -0.1) is 10.2 Å². The summed E-state index contributed by atoms with van der Waals surface area (Å²) in [5.41, 5.74) is 6.51. The Hall–Kier alpha value is -1.95. The first-order valence-corrected chi connectivity index (χ1v) is 5.53. The van der Waals surface area contributed by atoms with Crippen LogP contribution in [0.1, 0.15) is 30.3 Å². The number of hydrogen-bond donors (Lipinski definition) is 1. The maximum atomic E-state index is 13.2. The minimum atomic E-state index is -0.379. The molecule has 0 aliphatic rings. The third kappa shape index (κ3) is 2.84. The van der Waals surface area contributed by atoms with Crippen LogP contribution in [0.15, 0.2) is 22.6 Å². The lowest BCUT2D eigenvalue weighted by Gasteiger charge is -2.12. The van der Waals surface area contributed by atoms with Gasteiger partial charge < -0.3 is 14.9 Å². The predicted octanol–water partition coefficient (Wildman–Crippen LogP) is 2.12. The van der Waals surface area contributed by atoms with Crippen molar-refractivity contribution >= 4 is 0 Å². The number of aromatic nitrogens is 2. The van der Waals surface area contributed by atoms with Crippen molar-refractivity contribution in [2.45, 2.75) is 26.5 Å². The number of rotatable bonds is 4. The van der Waals surface area contributed by atoms with Gasteiger partial charge in [-0.1, -0.05) is 6.07 Å². The number of nitrogens with zero attached hydrogens (tertiary/aromatic N) is 2. The first-order valence-electron chi connectivity index (χ1n) is 5.53. The zero-order valence-corrected chi connectivity index (χ0v) is 10.2. The fourth-order valence-electron chi connectivity index (χ4n) is 1.54. The number of ether oxygens (including phenoxy) is 1. The molecule has 0 saturated heterocycles. The Morgan fingerprint density at radius 1 is 1.44 bits per heavy atom. The monoisotopic (exact) mass is 251 g/mol. The van der Waals surface area contributed by atoms with E-state index >= 15 is 0 Å². The SMILES string of the molecule is Cc1nnc(COc2cc(F)ccc2[C@@H](C)N)o1. The van der Waals surface area contributed by atoms with Crippen molar-refractivity contribution in [2.75, 3.05) is 0 Å². The van der Waals surface area contributed by atoms with Crippen molar-refractivity contribution in [3.05, 3.63) is 41.4 Å². The summed E-state index contributed by atoms with van der Waals surface area (Å²) in [4.78, 5) is 0. The topological polar surface area (TPSA) is 74.2 Å². The van der Waals surface area contributed by atoms with Crippen LogP contribution in [-0.4, -0.2) is 10.2 Å². The zero-order valence-electron chi connectivity index (χ0n) is 10.2. The number of nitrogens with two attached hydrogens (primary N) is 1. The van der Waals surface area contributed by atoms with Crippen LogP contribution in [0.5, 0.6) is 5.75 Å². The van der Waals surface area contributed by atoms with E-state index in [1.807, 2.05) is 0 Å². The molecule has 2 aromatic rings. The third-order valence-corrected chi connectivity index (χ3v) is 2.39. The molecule has 0 amide bonds. The molecule has 0 radical (unpaired) electrons. The summed E-state index contributed by atoms with van der Waals surface area (Å²) in [7, 11) is 0. The van der Waals surface area contributed by atoms with Gasteiger partial charge in [0.05, 0.1) is 0 Å². The highest BCUT2D eigenvalue weighted by atomic mass is 19.1. The fraction of sp³-hybridized carbons (Fsp3) is 0.333. The van der Waals surface area contributed by atoms with E-state index in [0.717, 1.165) is 5.56 Å². The molecule has 0 unspecified atom stereocenters. The maximum absolute atomic E-state index is 13.2. The molecule has 2 N–H and O–H groups in total. The smallest absolute Gasteiger partial charge is 0.253 e. The molecular weight excluding hydrogens is 237 g/mol. The van der Waals surface area contributed by atoms with Gasteiger partial charge in [-0.3, -0.25) is 0 Å². The van der Waals surface area contributed by atoms with E-state index in [0.29, 0.717) is 17.5 Å². The van der Waals surface area contributed by atoms with Crippen molar-refractivity contribution in [1.82, 2.24) is 10.2 Å². The third-order valence-electron chi connectivity index (χ3n) is 2.39. The van der Waals surface area contributed by atoms with E-state index in [9.17, 15) is 4.39 Å². The van der Waals surface area contributed by atoms with E-state index in [4.69, 9.17) is 14.9 Å². The van der Waals surface area contributed by atoms with Gasteiger partial charge in [-0.2, -0.15) is 0 Å². The Morgan fingerprint density at radius 2 is 2.22 bits per heavy atom. The number of halogens is 1. The van der Waals surface area contributed by atoms with E-state index in [1.165, 1.54) is 12.1 Å². The second-order valence-electron chi connectivity index (χ2n) is 3.97. The molecule has 0 fully saturated rings. The van der Waals surface area contributed by atoms with Crippen molar-refractivity contribution in [3.8, 4) is 5.75 Å². The summed E-state index contributed by atoms with van der Waals surface area (Å²) in [6.45, 7) is 3.58. The number of benzene rings is 1. The van der Waals surface area contributed by atoms with Crippen LogP contribution in [-0.2, 0) is 6.61 Å². The largest absolute Gasteiger partial charge is 0.483 e. The summed E-state index contributed by atoms with van der Waals surface area (Å²) in [6.07, 6.45) is 0. The van der Waals surface area contributed by atoms with Gasteiger partial charge in [0.2, 0.25) is 5.89 Å². The van der Waals surface area contributed by atoms with Crippen molar-refractivity contribution < 1.29 is 13.5 Å². The summed E-state index contributed by atoms with van der Waals surface area (Å²) in [5.74, 6) is 0.810. The van der Waals surface area contributed by atoms with Crippen LogP contribution in [0.4, 0.5) is 4.39 Å². The molecule has 18 heavy (non-hydrogen) atoms. The van der Waals surface area contributed by atoms with E-state index in [2.05, 4.69) is 10.2 Å². The average Bonchev–Trinajstić information content (AvgIpc) is 2.72. The molecule has 2 rings (SSSR count). The van der Waals surface area contributed by atoms with Crippen molar-refractivity contribution in [3.63, 3.8) is 0 Å². The average molecular weight is 251 g/mol. The van der Waals surface area contributed by atoms with Gasteiger partial charge in [-0.25, -0.2) is 4.39 Å². The van der Waals surface area contributed by atoms with Gasteiger partial charge in [0.1, 0.15) is 11.6 Å². The normalized spacial score (nSPS) is 12.4. The minimum absolute atomic E-state index is 0.0873. The van der Waals surface area contributed by atoms with Crippen LogP contribution in [0.2, 0.25) is 0 Å². The Bertz CT molecular complexity index is 540. The molecule has 0 saturated carbocycles. The van der Waals surface area contributed by atoms with Crippen molar-refractivity contribution in [1.29, 1.82) is 0 Å². The summed E-state index contributed by atoms with van der Waals surface area (Å²) in [5, 5.41) is 7.47. The van der Waals surface area contributed by atoms with Gasteiger partial charge >= 0.3 is 0 Å². The van der Waals surface area contributed by atoms with Gasteiger partial charge in [0, 0.05) is 24.6 Å². The highest BCUT2D eigenvalue weighted by molar-refractivity contribution is 5.36. The Kier molecular flexibility index (Phi) is 3.57. The summed E-state index contributed by atoms with van der Waals surface area (Å²) in [6, 6.07) is 4.00. The number of hydrogen-bond acceptors (Lipinski definition) is 5. The number of aryl methyl sites for hydroxylation is 1. The zero-order chi connectivity index (χ0) is 13.1. The quantitative estimate of drug-likeness (QED) is 0.900. The van der Waals surface area contributed by atoms with E-state index in [1.54, 1.807) is 19.9 Å². The van der Waals surface area contributed by atoms with E-state index in [-0.39, 0.29) is 18.5 Å². The molecule has 1 heterocycles. The molecule has 1 aromatic heterocycles. The Labute approximate surface area is 104 Å². The van der Waals surface area contributed by atoms with Crippen LogP contribution in [0, 0.1) is 12.7 Å².